The number of hydrogen-bond donors (Lipinski definition) is 3. The van der Waals surface area contributed by atoms with E-state index in [-0.39, 0.29) is 11.8 Å². The molecule has 0 saturated carbocycles. The SMILES string of the molecule is O=C(Nc1ccc(I)cc1)C(Sc1cccc(NC(=O)C2CC=CCC2C(=O)O)c1)c1ccccc1. The molecule has 0 spiro atoms. The van der Waals surface area contributed by atoms with Crippen molar-refractivity contribution in [3.05, 3.63) is 100 Å². The van der Waals surface area contributed by atoms with Gasteiger partial charge in [0.25, 0.3) is 0 Å². The van der Waals surface area contributed by atoms with Gasteiger partial charge in [0.1, 0.15) is 5.25 Å². The molecule has 8 heteroatoms. The molecule has 0 aliphatic heterocycles. The fraction of sp³-hybridized carbons (Fsp3) is 0.179. The van der Waals surface area contributed by atoms with Gasteiger partial charge in [-0.1, -0.05) is 48.6 Å². The first kappa shape index (κ1) is 26.0. The Morgan fingerprint density at radius 2 is 1.53 bits per heavy atom. The van der Waals surface area contributed by atoms with Crippen molar-refractivity contribution in [3.8, 4) is 0 Å². The van der Waals surface area contributed by atoms with Crippen LogP contribution < -0.4 is 10.6 Å². The molecule has 3 unspecified atom stereocenters. The van der Waals surface area contributed by atoms with Gasteiger partial charge in [-0.15, -0.1) is 11.8 Å². The molecule has 0 radical (unpaired) electrons. The van der Waals surface area contributed by atoms with E-state index in [9.17, 15) is 19.5 Å². The number of carboxylic acid groups (broad SMARTS) is 1. The van der Waals surface area contributed by atoms with Crippen molar-refractivity contribution in [2.45, 2.75) is 23.0 Å². The maximum Gasteiger partial charge on any atom is 0.307 e. The van der Waals surface area contributed by atoms with Crippen molar-refractivity contribution in [1.29, 1.82) is 0 Å². The number of nitrogens with one attached hydrogen (secondary N) is 2. The normalized spacial score (nSPS) is 17.7. The van der Waals surface area contributed by atoms with Crippen LogP contribution in [0.2, 0.25) is 0 Å². The molecule has 3 aromatic carbocycles. The van der Waals surface area contributed by atoms with E-state index in [0.29, 0.717) is 18.5 Å². The van der Waals surface area contributed by atoms with Gasteiger partial charge in [-0.05, 0) is 83.5 Å². The number of rotatable bonds is 8. The van der Waals surface area contributed by atoms with E-state index in [1.165, 1.54) is 11.8 Å². The van der Waals surface area contributed by atoms with Crippen molar-refractivity contribution >= 4 is 63.5 Å². The minimum absolute atomic E-state index is 0.153. The molecule has 184 valence electrons. The highest BCUT2D eigenvalue weighted by molar-refractivity contribution is 14.1. The number of thioether (sulfide) groups is 1. The van der Waals surface area contributed by atoms with Gasteiger partial charge < -0.3 is 15.7 Å². The van der Waals surface area contributed by atoms with Crippen LogP contribution >= 0.6 is 34.4 Å². The molecule has 0 heterocycles. The van der Waals surface area contributed by atoms with Gasteiger partial charge in [0.15, 0.2) is 0 Å². The van der Waals surface area contributed by atoms with E-state index in [0.717, 1.165) is 19.7 Å². The molecule has 3 N–H and O–H groups in total. The highest BCUT2D eigenvalue weighted by Crippen LogP contribution is 2.37. The molecule has 0 saturated heterocycles. The van der Waals surface area contributed by atoms with Gasteiger partial charge in [0.05, 0.1) is 11.8 Å². The molecular formula is C28H25IN2O4S. The standard InChI is InChI=1S/C28H25IN2O4S/c29-19-13-15-20(16-14-19)30-27(33)25(18-7-2-1-3-8-18)36-22-10-6-9-21(17-22)31-26(32)23-11-4-5-12-24(23)28(34)35/h1-10,13-17,23-25H,11-12H2,(H,30,33)(H,31,32)(H,34,35). The number of anilines is 2. The van der Waals surface area contributed by atoms with Gasteiger partial charge >= 0.3 is 5.97 Å². The summed E-state index contributed by atoms with van der Waals surface area (Å²) in [5, 5.41) is 14.8. The molecule has 3 aromatic rings. The maximum absolute atomic E-state index is 13.3. The Labute approximate surface area is 227 Å². The fourth-order valence-corrected chi connectivity index (χ4v) is 5.48. The van der Waals surface area contributed by atoms with E-state index < -0.39 is 23.1 Å². The molecule has 2 amide bonds. The topological polar surface area (TPSA) is 95.5 Å². The maximum atomic E-state index is 13.3. The minimum Gasteiger partial charge on any atom is -0.481 e. The Bertz CT molecular complexity index is 1260. The second kappa shape index (κ2) is 12.2. The lowest BCUT2D eigenvalue weighted by Crippen LogP contribution is -2.34. The van der Waals surface area contributed by atoms with Crippen LogP contribution in [0.3, 0.4) is 0 Å². The number of carbonyl (C=O) groups excluding carboxylic acids is 2. The predicted octanol–water partition coefficient (Wildman–Crippen LogP) is 6.37. The quantitative estimate of drug-likeness (QED) is 0.156. The van der Waals surface area contributed by atoms with Crippen LogP contribution in [0.25, 0.3) is 0 Å². The number of amides is 2. The Morgan fingerprint density at radius 1 is 0.833 bits per heavy atom. The first-order valence-corrected chi connectivity index (χ1v) is 13.4. The Kier molecular flexibility index (Phi) is 8.82. The van der Waals surface area contributed by atoms with Crippen molar-refractivity contribution in [3.63, 3.8) is 0 Å². The van der Waals surface area contributed by atoms with Gasteiger partial charge in [0.2, 0.25) is 11.8 Å². The van der Waals surface area contributed by atoms with Gasteiger partial charge in [-0.25, -0.2) is 0 Å². The molecule has 1 aliphatic carbocycles. The molecule has 4 rings (SSSR count). The number of allylic oxidation sites excluding steroid dienone is 2. The number of carbonyl (C=O) groups is 3. The van der Waals surface area contributed by atoms with Crippen LogP contribution in [-0.4, -0.2) is 22.9 Å². The number of carboxylic acids is 1. The van der Waals surface area contributed by atoms with Crippen LogP contribution in [0.15, 0.2) is 95.9 Å². The molecule has 36 heavy (non-hydrogen) atoms. The third-order valence-corrected chi connectivity index (χ3v) is 7.86. The third-order valence-electron chi connectivity index (χ3n) is 5.89. The molecular weight excluding hydrogens is 587 g/mol. The van der Waals surface area contributed by atoms with Gasteiger partial charge in [-0.2, -0.15) is 0 Å². The number of benzene rings is 3. The Balaban J connectivity index is 1.51. The largest absolute Gasteiger partial charge is 0.481 e. The molecule has 0 fully saturated rings. The number of aliphatic carboxylic acids is 1. The van der Waals surface area contributed by atoms with Crippen molar-refractivity contribution in [2.24, 2.45) is 11.8 Å². The Hall–Kier alpha value is -3.11. The van der Waals surface area contributed by atoms with Gasteiger partial charge in [0, 0.05) is 19.8 Å². The van der Waals surface area contributed by atoms with E-state index in [1.807, 2.05) is 84.9 Å². The first-order valence-electron chi connectivity index (χ1n) is 11.5. The minimum atomic E-state index is -0.964. The van der Waals surface area contributed by atoms with E-state index >= 15 is 0 Å². The van der Waals surface area contributed by atoms with Crippen molar-refractivity contribution < 1.29 is 19.5 Å². The zero-order chi connectivity index (χ0) is 25.5. The zero-order valence-electron chi connectivity index (χ0n) is 19.3. The molecule has 3 atom stereocenters. The van der Waals surface area contributed by atoms with Crippen molar-refractivity contribution in [2.75, 3.05) is 10.6 Å². The van der Waals surface area contributed by atoms with Crippen LogP contribution in [0.1, 0.15) is 23.7 Å². The zero-order valence-corrected chi connectivity index (χ0v) is 22.2. The van der Waals surface area contributed by atoms with Crippen LogP contribution in [0.5, 0.6) is 0 Å². The van der Waals surface area contributed by atoms with Gasteiger partial charge in [-0.3, -0.25) is 14.4 Å². The highest BCUT2D eigenvalue weighted by Gasteiger charge is 2.34. The molecule has 0 aromatic heterocycles. The summed E-state index contributed by atoms with van der Waals surface area (Å²) in [7, 11) is 0. The number of hydrogen-bond acceptors (Lipinski definition) is 4. The summed E-state index contributed by atoms with van der Waals surface area (Å²) in [4.78, 5) is 38.6. The summed E-state index contributed by atoms with van der Waals surface area (Å²) in [5.41, 5.74) is 2.14. The second-order valence-corrected chi connectivity index (χ2v) is 10.8. The highest BCUT2D eigenvalue weighted by atomic mass is 127. The number of halogens is 1. The summed E-state index contributed by atoms with van der Waals surface area (Å²) >= 11 is 3.60. The second-order valence-electron chi connectivity index (χ2n) is 8.42. The summed E-state index contributed by atoms with van der Waals surface area (Å²) in [6.45, 7) is 0. The monoisotopic (exact) mass is 612 g/mol. The van der Waals surface area contributed by atoms with Crippen molar-refractivity contribution in [1.82, 2.24) is 0 Å². The molecule has 0 bridgehead atoms. The lowest BCUT2D eigenvalue weighted by atomic mass is 9.82. The summed E-state index contributed by atoms with van der Waals surface area (Å²) in [6, 6.07) is 24.4. The summed E-state index contributed by atoms with van der Waals surface area (Å²) < 4.78 is 1.08. The summed E-state index contributed by atoms with van der Waals surface area (Å²) in [5.74, 6) is -2.79. The third kappa shape index (κ3) is 6.76. The molecule has 6 nitrogen and oxygen atoms in total. The lowest BCUT2D eigenvalue weighted by Gasteiger charge is -2.24. The van der Waals surface area contributed by atoms with E-state index in [1.54, 1.807) is 6.07 Å². The van der Waals surface area contributed by atoms with E-state index in [2.05, 4.69) is 33.2 Å². The van der Waals surface area contributed by atoms with Crippen LogP contribution in [0, 0.1) is 15.4 Å². The van der Waals surface area contributed by atoms with E-state index in [4.69, 9.17) is 0 Å². The predicted molar refractivity (Wildman–Crippen MR) is 151 cm³/mol. The Morgan fingerprint density at radius 3 is 2.22 bits per heavy atom. The average Bonchev–Trinajstić information content (AvgIpc) is 2.89. The first-order chi connectivity index (χ1) is 17.4. The lowest BCUT2D eigenvalue weighted by molar-refractivity contribution is -0.146. The average molecular weight is 612 g/mol. The molecule has 1 aliphatic rings. The fourth-order valence-electron chi connectivity index (χ4n) is 4.04. The summed E-state index contributed by atoms with van der Waals surface area (Å²) in [6.07, 6.45) is 4.40. The smallest absolute Gasteiger partial charge is 0.307 e. The van der Waals surface area contributed by atoms with Crippen LogP contribution in [0.4, 0.5) is 11.4 Å². The van der Waals surface area contributed by atoms with Crippen LogP contribution in [-0.2, 0) is 14.4 Å².